The third-order valence-corrected chi connectivity index (χ3v) is 4.83. The molecule has 1 aromatic rings. The van der Waals surface area contributed by atoms with Crippen LogP contribution in [-0.4, -0.2) is 37.1 Å². The van der Waals surface area contributed by atoms with Gasteiger partial charge in [-0.15, -0.1) is 0 Å². The van der Waals surface area contributed by atoms with Crippen LogP contribution in [-0.2, 0) is 0 Å². The third kappa shape index (κ3) is 3.12. The van der Waals surface area contributed by atoms with Gasteiger partial charge in [-0.3, -0.25) is 4.90 Å². The van der Waals surface area contributed by atoms with Gasteiger partial charge in [0, 0.05) is 35.7 Å². The summed E-state index contributed by atoms with van der Waals surface area (Å²) in [7, 11) is 2.21. The van der Waals surface area contributed by atoms with Gasteiger partial charge >= 0.3 is 0 Å². The highest BCUT2D eigenvalue weighted by molar-refractivity contribution is 9.10. The number of halogens is 1. The Labute approximate surface area is 124 Å². The van der Waals surface area contributed by atoms with Crippen molar-refractivity contribution >= 4 is 21.6 Å². The Bertz CT molecular complexity index is 435. The van der Waals surface area contributed by atoms with Crippen molar-refractivity contribution < 1.29 is 0 Å². The van der Waals surface area contributed by atoms with E-state index in [-0.39, 0.29) is 6.04 Å². The summed E-state index contributed by atoms with van der Waals surface area (Å²) in [4.78, 5) is 4.91. The molecule has 0 amide bonds. The lowest BCUT2D eigenvalue weighted by Gasteiger charge is -2.43. The zero-order valence-corrected chi connectivity index (χ0v) is 13.8. The maximum Gasteiger partial charge on any atom is 0.0511 e. The van der Waals surface area contributed by atoms with Crippen molar-refractivity contribution in [1.29, 1.82) is 0 Å². The van der Waals surface area contributed by atoms with Crippen molar-refractivity contribution in [1.82, 2.24) is 4.90 Å². The fourth-order valence-electron chi connectivity index (χ4n) is 2.66. The van der Waals surface area contributed by atoms with Crippen molar-refractivity contribution in [3.63, 3.8) is 0 Å². The SMILES string of the molecule is CC1CN(c2ccc([C@H](C)N)cc2Br)CC(C)N1C. The molecule has 1 heterocycles. The van der Waals surface area contributed by atoms with Gasteiger partial charge in [-0.25, -0.2) is 0 Å². The number of piperazine rings is 1. The lowest BCUT2D eigenvalue weighted by molar-refractivity contribution is 0.170. The highest BCUT2D eigenvalue weighted by Crippen LogP contribution is 2.31. The fraction of sp³-hybridized carbons (Fsp3) is 0.600. The van der Waals surface area contributed by atoms with Crippen LogP contribution in [0.15, 0.2) is 22.7 Å². The summed E-state index contributed by atoms with van der Waals surface area (Å²) in [6.07, 6.45) is 0. The van der Waals surface area contributed by atoms with Crippen LogP contribution in [0, 0.1) is 0 Å². The Morgan fingerprint density at radius 1 is 1.26 bits per heavy atom. The van der Waals surface area contributed by atoms with Crippen LogP contribution < -0.4 is 10.6 Å². The second-order valence-electron chi connectivity index (χ2n) is 5.77. The van der Waals surface area contributed by atoms with E-state index in [1.165, 1.54) is 11.3 Å². The summed E-state index contributed by atoms with van der Waals surface area (Å²) in [5.74, 6) is 0. The second kappa shape index (κ2) is 5.81. The van der Waals surface area contributed by atoms with Crippen LogP contribution in [0.1, 0.15) is 32.4 Å². The number of rotatable bonds is 2. The molecule has 1 aliphatic rings. The van der Waals surface area contributed by atoms with Gasteiger partial charge in [0.15, 0.2) is 0 Å². The number of hydrogen-bond donors (Lipinski definition) is 1. The third-order valence-electron chi connectivity index (χ3n) is 4.20. The predicted molar refractivity (Wildman–Crippen MR) is 85.6 cm³/mol. The fourth-order valence-corrected chi connectivity index (χ4v) is 3.31. The number of nitrogens with zero attached hydrogens (tertiary/aromatic N) is 2. The number of likely N-dealkylation sites (N-methyl/N-ethyl adjacent to an activating group) is 1. The van der Waals surface area contributed by atoms with E-state index in [0.29, 0.717) is 12.1 Å². The van der Waals surface area contributed by atoms with Crippen LogP contribution in [0.25, 0.3) is 0 Å². The molecule has 0 aliphatic carbocycles. The first kappa shape index (κ1) is 14.8. The monoisotopic (exact) mass is 325 g/mol. The molecule has 0 aromatic heterocycles. The van der Waals surface area contributed by atoms with Crippen molar-refractivity contribution in [3.05, 3.63) is 28.2 Å². The summed E-state index contributed by atoms with van der Waals surface area (Å²) in [5, 5.41) is 0. The average Bonchev–Trinajstić information content (AvgIpc) is 2.35. The van der Waals surface area contributed by atoms with Gasteiger partial charge in [0.1, 0.15) is 0 Å². The predicted octanol–water partition coefficient (Wildman–Crippen LogP) is 3.00. The molecule has 4 heteroatoms. The summed E-state index contributed by atoms with van der Waals surface area (Å²) in [5.41, 5.74) is 8.38. The standard InChI is InChI=1S/C15H24BrN3/c1-10-8-19(9-11(2)18(10)4)15-6-5-13(12(3)17)7-14(15)16/h5-7,10-12H,8-9,17H2,1-4H3/t10?,11?,12-/m0/s1. The molecule has 3 atom stereocenters. The van der Waals surface area contributed by atoms with Crippen LogP contribution in [0.5, 0.6) is 0 Å². The minimum atomic E-state index is 0.0793. The van der Waals surface area contributed by atoms with Gasteiger partial charge in [-0.2, -0.15) is 0 Å². The molecule has 1 aromatic carbocycles. The molecule has 0 saturated carbocycles. The highest BCUT2D eigenvalue weighted by Gasteiger charge is 2.27. The first-order valence-electron chi connectivity index (χ1n) is 6.92. The number of benzene rings is 1. The van der Waals surface area contributed by atoms with E-state index in [1.807, 2.05) is 6.92 Å². The van der Waals surface area contributed by atoms with Crippen LogP contribution in [0.3, 0.4) is 0 Å². The minimum Gasteiger partial charge on any atom is -0.368 e. The Kier molecular flexibility index (Phi) is 4.54. The number of hydrogen-bond acceptors (Lipinski definition) is 3. The summed E-state index contributed by atoms with van der Waals surface area (Å²) < 4.78 is 1.14. The molecular weight excluding hydrogens is 302 g/mol. The van der Waals surface area contributed by atoms with E-state index >= 15 is 0 Å². The van der Waals surface area contributed by atoms with E-state index in [2.05, 4.69) is 64.8 Å². The van der Waals surface area contributed by atoms with Gasteiger partial charge < -0.3 is 10.6 Å². The van der Waals surface area contributed by atoms with Crippen LogP contribution in [0.2, 0.25) is 0 Å². The van der Waals surface area contributed by atoms with E-state index in [1.54, 1.807) is 0 Å². The minimum absolute atomic E-state index is 0.0793. The summed E-state index contributed by atoms with van der Waals surface area (Å²) in [6, 6.07) is 7.70. The van der Waals surface area contributed by atoms with Gasteiger partial charge in [-0.1, -0.05) is 6.07 Å². The molecule has 1 saturated heterocycles. The molecule has 1 fully saturated rings. The van der Waals surface area contributed by atoms with E-state index in [0.717, 1.165) is 17.6 Å². The van der Waals surface area contributed by atoms with Gasteiger partial charge in [0.2, 0.25) is 0 Å². The highest BCUT2D eigenvalue weighted by atomic mass is 79.9. The lowest BCUT2D eigenvalue weighted by Crippen LogP contribution is -2.55. The molecule has 19 heavy (non-hydrogen) atoms. The van der Waals surface area contributed by atoms with Gasteiger partial charge in [0.05, 0.1) is 5.69 Å². The smallest absolute Gasteiger partial charge is 0.0511 e. The van der Waals surface area contributed by atoms with Crippen LogP contribution >= 0.6 is 15.9 Å². The number of anilines is 1. The maximum atomic E-state index is 5.93. The normalized spacial score (nSPS) is 26.5. The van der Waals surface area contributed by atoms with Crippen molar-refractivity contribution in [2.75, 3.05) is 25.0 Å². The maximum absolute atomic E-state index is 5.93. The molecule has 3 nitrogen and oxygen atoms in total. The van der Waals surface area contributed by atoms with Crippen molar-refractivity contribution in [3.8, 4) is 0 Å². The largest absolute Gasteiger partial charge is 0.368 e. The topological polar surface area (TPSA) is 32.5 Å². The van der Waals surface area contributed by atoms with Gasteiger partial charge in [-0.05, 0) is 61.4 Å². The van der Waals surface area contributed by atoms with Crippen molar-refractivity contribution in [2.45, 2.75) is 38.9 Å². The molecule has 2 rings (SSSR count). The first-order chi connectivity index (χ1) is 8.90. The first-order valence-corrected chi connectivity index (χ1v) is 7.71. The van der Waals surface area contributed by atoms with E-state index in [9.17, 15) is 0 Å². The molecular formula is C15H24BrN3. The zero-order valence-electron chi connectivity index (χ0n) is 12.2. The average molecular weight is 326 g/mol. The Morgan fingerprint density at radius 2 is 1.84 bits per heavy atom. The molecule has 1 aliphatic heterocycles. The molecule has 2 unspecified atom stereocenters. The van der Waals surface area contributed by atoms with Crippen LogP contribution in [0.4, 0.5) is 5.69 Å². The van der Waals surface area contributed by atoms with Crippen molar-refractivity contribution in [2.24, 2.45) is 5.73 Å². The van der Waals surface area contributed by atoms with E-state index < -0.39 is 0 Å². The summed E-state index contributed by atoms with van der Waals surface area (Å²) >= 11 is 3.70. The Hall–Kier alpha value is -0.580. The lowest BCUT2D eigenvalue weighted by atomic mass is 10.1. The van der Waals surface area contributed by atoms with E-state index in [4.69, 9.17) is 5.73 Å². The Morgan fingerprint density at radius 3 is 2.32 bits per heavy atom. The van der Waals surface area contributed by atoms with Gasteiger partial charge in [0.25, 0.3) is 0 Å². The molecule has 106 valence electrons. The number of nitrogens with two attached hydrogens (primary N) is 1. The summed E-state index contributed by atoms with van der Waals surface area (Å²) in [6.45, 7) is 8.72. The zero-order chi connectivity index (χ0) is 14.2. The second-order valence-corrected chi connectivity index (χ2v) is 6.62. The molecule has 0 radical (unpaired) electrons. The Balaban J connectivity index is 2.23. The molecule has 0 spiro atoms. The quantitative estimate of drug-likeness (QED) is 0.907. The molecule has 2 N–H and O–H groups in total. The molecule has 0 bridgehead atoms.